The monoisotopic (exact) mass is 552 g/mol. The van der Waals surface area contributed by atoms with E-state index in [4.69, 9.17) is 31.5 Å². The molecule has 0 radical (unpaired) electrons. The van der Waals surface area contributed by atoms with Crippen molar-refractivity contribution in [1.29, 1.82) is 0 Å². The zero-order valence-electron chi connectivity index (χ0n) is 22.4. The number of ether oxygens (including phenoxy) is 3. The van der Waals surface area contributed by atoms with Crippen LogP contribution >= 0.6 is 11.6 Å². The summed E-state index contributed by atoms with van der Waals surface area (Å²) in [6.07, 6.45) is 4.22. The van der Waals surface area contributed by atoms with Crippen molar-refractivity contribution in [2.24, 2.45) is 11.7 Å². The molecule has 0 amide bonds. The Kier molecular flexibility index (Phi) is 9.79. The Labute approximate surface area is 233 Å². The Hall–Kier alpha value is -3.62. The molecule has 0 saturated heterocycles. The third kappa shape index (κ3) is 7.28. The Bertz CT molecular complexity index is 1400. The molecule has 7 nitrogen and oxygen atoms in total. The van der Waals surface area contributed by atoms with Crippen molar-refractivity contribution in [2.75, 3.05) is 19.0 Å². The van der Waals surface area contributed by atoms with Gasteiger partial charge in [-0.2, -0.15) is 0 Å². The Balaban J connectivity index is 1.55. The average Bonchev–Trinajstić information content (AvgIpc) is 2.94. The summed E-state index contributed by atoms with van der Waals surface area (Å²) in [5.41, 5.74) is 8.08. The fourth-order valence-electron chi connectivity index (χ4n) is 4.31. The van der Waals surface area contributed by atoms with Gasteiger partial charge in [0.05, 0.1) is 23.8 Å². The lowest BCUT2D eigenvalue weighted by atomic mass is 9.97. The average molecular weight is 553 g/mol. The first-order valence-electron chi connectivity index (χ1n) is 13.1. The third-order valence-corrected chi connectivity index (χ3v) is 6.95. The molecule has 3 aromatic carbocycles. The van der Waals surface area contributed by atoms with Crippen LogP contribution in [0, 0.1) is 11.7 Å². The van der Waals surface area contributed by atoms with Crippen molar-refractivity contribution in [3.8, 4) is 17.2 Å². The molecular formula is C30H34ClFN4O3. The van der Waals surface area contributed by atoms with Gasteiger partial charge in [0.2, 0.25) is 0 Å². The number of fused-ring (bicyclic) bond motifs is 1. The lowest BCUT2D eigenvalue weighted by Gasteiger charge is -2.23. The van der Waals surface area contributed by atoms with Gasteiger partial charge in [-0.15, -0.1) is 0 Å². The predicted molar refractivity (Wildman–Crippen MR) is 154 cm³/mol. The number of nitrogens with zero attached hydrogens (tertiary/aromatic N) is 2. The molecule has 39 heavy (non-hydrogen) atoms. The first kappa shape index (κ1) is 28.4. The van der Waals surface area contributed by atoms with E-state index in [9.17, 15) is 4.39 Å². The highest BCUT2D eigenvalue weighted by molar-refractivity contribution is 6.32. The van der Waals surface area contributed by atoms with Gasteiger partial charge in [0.1, 0.15) is 30.3 Å². The van der Waals surface area contributed by atoms with E-state index in [1.54, 1.807) is 31.4 Å². The maximum atomic E-state index is 13.5. The van der Waals surface area contributed by atoms with E-state index in [0.29, 0.717) is 51.6 Å². The number of benzene rings is 3. The van der Waals surface area contributed by atoms with E-state index < -0.39 is 0 Å². The molecule has 0 bridgehead atoms. The molecule has 0 aliphatic rings. The summed E-state index contributed by atoms with van der Waals surface area (Å²) >= 11 is 6.50. The lowest BCUT2D eigenvalue weighted by molar-refractivity contribution is 0.157. The number of halogens is 2. The highest BCUT2D eigenvalue weighted by Crippen LogP contribution is 2.37. The van der Waals surface area contributed by atoms with Crippen LogP contribution in [0.5, 0.6) is 17.2 Å². The molecule has 0 fully saturated rings. The highest BCUT2D eigenvalue weighted by Gasteiger charge is 2.19. The Morgan fingerprint density at radius 2 is 1.85 bits per heavy atom. The molecule has 0 aliphatic carbocycles. The van der Waals surface area contributed by atoms with Gasteiger partial charge < -0.3 is 25.3 Å². The van der Waals surface area contributed by atoms with Crippen molar-refractivity contribution >= 4 is 34.0 Å². The smallest absolute Gasteiger partial charge is 0.162 e. The second-order valence-corrected chi connectivity index (χ2v) is 9.73. The Morgan fingerprint density at radius 1 is 1.00 bits per heavy atom. The van der Waals surface area contributed by atoms with E-state index in [-0.39, 0.29) is 18.5 Å². The summed E-state index contributed by atoms with van der Waals surface area (Å²) in [7, 11) is 1.62. The molecule has 2 unspecified atom stereocenters. The van der Waals surface area contributed by atoms with Crippen LogP contribution in [0.3, 0.4) is 0 Å². The maximum Gasteiger partial charge on any atom is 0.162 e. The van der Waals surface area contributed by atoms with Crippen LogP contribution in [-0.2, 0) is 6.61 Å². The minimum atomic E-state index is -0.309. The first-order chi connectivity index (χ1) is 18.9. The molecule has 9 heteroatoms. The number of hydrogen-bond acceptors (Lipinski definition) is 7. The molecule has 0 aliphatic heterocycles. The van der Waals surface area contributed by atoms with Crippen molar-refractivity contribution in [3.63, 3.8) is 0 Å². The van der Waals surface area contributed by atoms with Crippen molar-refractivity contribution in [2.45, 2.75) is 45.8 Å². The minimum absolute atomic E-state index is 0.00428. The maximum absolute atomic E-state index is 13.5. The Morgan fingerprint density at radius 3 is 2.54 bits per heavy atom. The molecule has 206 valence electrons. The van der Waals surface area contributed by atoms with Crippen LogP contribution in [0.15, 0.2) is 60.9 Å². The van der Waals surface area contributed by atoms with Gasteiger partial charge in [-0.05, 0) is 67.3 Å². The topological polar surface area (TPSA) is 91.5 Å². The van der Waals surface area contributed by atoms with Gasteiger partial charge in [-0.3, -0.25) is 0 Å². The molecular weight excluding hydrogens is 519 g/mol. The number of aromatic nitrogens is 2. The van der Waals surface area contributed by atoms with E-state index in [1.165, 1.54) is 18.5 Å². The number of nitrogens with one attached hydrogen (secondary N) is 1. The van der Waals surface area contributed by atoms with E-state index in [1.807, 2.05) is 18.2 Å². The molecule has 1 aromatic heterocycles. The molecule has 0 spiro atoms. The fourth-order valence-corrected chi connectivity index (χ4v) is 4.55. The van der Waals surface area contributed by atoms with Crippen LogP contribution < -0.4 is 25.3 Å². The van der Waals surface area contributed by atoms with Gasteiger partial charge in [0, 0.05) is 17.1 Å². The van der Waals surface area contributed by atoms with Gasteiger partial charge in [-0.25, -0.2) is 14.4 Å². The summed E-state index contributed by atoms with van der Waals surface area (Å²) in [4.78, 5) is 8.89. The molecule has 2 atom stereocenters. The van der Waals surface area contributed by atoms with Crippen LogP contribution in [0.1, 0.15) is 38.7 Å². The van der Waals surface area contributed by atoms with Gasteiger partial charge in [-0.1, -0.05) is 44.0 Å². The van der Waals surface area contributed by atoms with Crippen LogP contribution in [-0.4, -0.2) is 29.7 Å². The third-order valence-electron chi connectivity index (χ3n) is 6.65. The predicted octanol–water partition coefficient (Wildman–Crippen LogP) is 7.29. The number of rotatable bonds is 13. The lowest BCUT2D eigenvalue weighted by Crippen LogP contribution is -2.24. The number of hydrogen-bond donors (Lipinski definition) is 2. The fraction of sp³-hybridized carbons (Fsp3) is 0.333. The standard InChI is InChI=1S/C30H34ClFN4O3/c1-4-19(16-33)12-23(5-2)39-29-14-24-26(15-28(29)37-3)34-18-35-30(24)36-22-9-10-27(25(31)13-22)38-17-20-7-6-8-21(32)11-20/h6-11,13-15,18-19,23H,4-5,12,16-17,33H2,1-3H3,(H,34,35,36). The summed E-state index contributed by atoms with van der Waals surface area (Å²) in [5.74, 6) is 2.41. The van der Waals surface area contributed by atoms with Crippen molar-refractivity contribution in [1.82, 2.24) is 9.97 Å². The highest BCUT2D eigenvalue weighted by atomic mass is 35.5. The quantitative estimate of drug-likeness (QED) is 0.180. The SMILES string of the molecule is CCC(CN)CC(CC)Oc1cc2c(Nc3ccc(OCc4cccc(F)c4)c(Cl)c3)ncnc2cc1OC. The molecule has 3 N–H and O–H groups in total. The molecule has 4 rings (SSSR count). The van der Waals surface area contributed by atoms with E-state index in [0.717, 1.165) is 30.3 Å². The van der Waals surface area contributed by atoms with Gasteiger partial charge >= 0.3 is 0 Å². The van der Waals surface area contributed by atoms with Crippen LogP contribution in [0.4, 0.5) is 15.9 Å². The summed E-state index contributed by atoms with van der Waals surface area (Å²) < 4.78 is 31.3. The second-order valence-electron chi connectivity index (χ2n) is 9.33. The normalized spacial score (nSPS) is 12.7. The molecule has 0 saturated carbocycles. The minimum Gasteiger partial charge on any atom is -0.493 e. The number of anilines is 2. The zero-order valence-corrected chi connectivity index (χ0v) is 23.2. The van der Waals surface area contributed by atoms with Crippen molar-refractivity contribution in [3.05, 3.63) is 77.3 Å². The molecule has 4 aromatic rings. The number of nitrogens with two attached hydrogens (primary N) is 1. The summed E-state index contributed by atoms with van der Waals surface area (Å²) in [6, 6.07) is 15.4. The van der Waals surface area contributed by atoms with Gasteiger partial charge in [0.15, 0.2) is 11.5 Å². The van der Waals surface area contributed by atoms with Crippen molar-refractivity contribution < 1.29 is 18.6 Å². The summed E-state index contributed by atoms with van der Waals surface area (Å²) in [6.45, 7) is 5.08. The second kappa shape index (κ2) is 13.4. The molecule has 1 heterocycles. The van der Waals surface area contributed by atoms with Crippen LogP contribution in [0.2, 0.25) is 5.02 Å². The van der Waals surface area contributed by atoms with Gasteiger partial charge in [0.25, 0.3) is 0 Å². The zero-order chi connectivity index (χ0) is 27.8. The number of methoxy groups -OCH3 is 1. The summed E-state index contributed by atoms with van der Waals surface area (Å²) in [5, 5.41) is 4.51. The van der Waals surface area contributed by atoms with E-state index >= 15 is 0 Å². The largest absolute Gasteiger partial charge is 0.493 e. The van der Waals surface area contributed by atoms with Crippen LogP contribution in [0.25, 0.3) is 10.9 Å². The van der Waals surface area contributed by atoms with E-state index in [2.05, 4.69) is 29.1 Å². The first-order valence-corrected chi connectivity index (χ1v) is 13.4.